The number of nitrogens with zero attached hydrogens (tertiary/aromatic N) is 3. The highest BCUT2D eigenvalue weighted by Crippen LogP contribution is 2.33. The van der Waals surface area contributed by atoms with Crippen LogP contribution in [0.4, 0.5) is 0 Å². The summed E-state index contributed by atoms with van der Waals surface area (Å²) in [6.45, 7) is 2.40. The SMILES string of the molecule is COCCOc1cccc(Cn2cc(-c3nc(-c4ccc(C5(O)CCOCC5)cc4)no3)ccc2=O)c1. The van der Waals surface area contributed by atoms with Gasteiger partial charge in [-0.1, -0.05) is 41.6 Å². The highest BCUT2D eigenvalue weighted by Gasteiger charge is 2.31. The van der Waals surface area contributed by atoms with Crippen molar-refractivity contribution < 1.29 is 23.8 Å². The molecular formula is C28H29N3O6. The van der Waals surface area contributed by atoms with Crippen LogP contribution in [-0.4, -0.2) is 53.4 Å². The molecule has 1 fully saturated rings. The number of aliphatic hydroxyl groups is 1. The van der Waals surface area contributed by atoms with Crippen LogP contribution in [0.25, 0.3) is 22.8 Å². The maximum atomic E-state index is 12.5. The van der Waals surface area contributed by atoms with Crippen molar-refractivity contribution in [3.8, 4) is 28.6 Å². The Kier molecular flexibility index (Phi) is 7.45. The van der Waals surface area contributed by atoms with E-state index in [2.05, 4.69) is 10.1 Å². The Morgan fingerprint density at radius 2 is 1.81 bits per heavy atom. The van der Waals surface area contributed by atoms with Gasteiger partial charge in [0.05, 0.1) is 24.3 Å². The molecular weight excluding hydrogens is 474 g/mol. The highest BCUT2D eigenvalue weighted by molar-refractivity contribution is 5.59. The zero-order valence-electron chi connectivity index (χ0n) is 20.6. The Morgan fingerprint density at radius 1 is 1.03 bits per heavy atom. The van der Waals surface area contributed by atoms with Crippen LogP contribution in [0.3, 0.4) is 0 Å². The van der Waals surface area contributed by atoms with Crippen LogP contribution < -0.4 is 10.3 Å². The lowest BCUT2D eigenvalue weighted by molar-refractivity contribution is -0.0679. The van der Waals surface area contributed by atoms with E-state index in [1.54, 1.807) is 23.9 Å². The van der Waals surface area contributed by atoms with Crippen LogP contribution in [0.1, 0.15) is 24.0 Å². The molecule has 0 bridgehead atoms. The number of hydrogen-bond donors (Lipinski definition) is 1. The lowest BCUT2D eigenvalue weighted by atomic mass is 9.86. The van der Waals surface area contributed by atoms with E-state index in [4.69, 9.17) is 18.7 Å². The summed E-state index contributed by atoms with van der Waals surface area (Å²) in [5.41, 5.74) is 2.17. The molecule has 37 heavy (non-hydrogen) atoms. The van der Waals surface area contributed by atoms with Gasteiger partial charge in [-0.2, -0.15) is 4.98 Å². The lowest BCUT2D eigenvalue weighted by Crippen LogP contribution is -2.33. The summed E-state index contributed by atoms with van der Waals surface area (Å²) in [5.74, 6) is 1.46. The summed E-state index contributed by atoms with van der Waals surface area (Å²) in [4.78, 5) is 17.1. The molecule has 0 saturated carbocycles. The van der Waals surface area contributed by atoms with Gasteiger partial charge in [-0.25, -0.2) is 0 Å². The molecule has 0 unspecified atom stereocenters. The third-order valence-electron chi connectivity index (χ3n) is 6.46. The van der Waals surface area contributed by atoms with Crippen molar-refractivity contribution in [3.05, 3.63) is 88.3 Å². The molecule has 0 amide bonds. The largest absolute Gasteiger partial charge is 0.491 e. The van der Waals surface area contributed by atoms with Gasteiger partial charge < -0.3 is 28.4 Å². The van der Waals surface area contributed by atoms with Crippen LogP contribution in [0.15, 0.2) is 76.2 Å². The number of benzene rings is 2. The van der Waals surface area contributed by atoms with Gasteiger partial charge in [-0.15, -0.1) is 0 Å². The molecule has 0 spiro atoms. The van der Waals surface area contributed by atoms with Crippen molar-refractivity contribution in [1.82, 2.24) is 14.7 Å². The average Bonchev–Trinajstić information content (AvgIpc) is 3.41. The Bertz CT molecular complexity index is 1390. The fraction of sp³-hybridized carbons (Fsp3) is 0.321. The van der Waals surface area contributed by atoms with E-state index >= 15 is 0 Å². The number of aromatic nitrogens is 3. The lowest BCUT2D eigenvalue weighted by Gasteiger charge is -2.32. The van der Waals surface area contributed by atoms with Gasteiger partial charge in [-0.3, -0.25) is 4.79 Å². The number of methoxy groups -OCH3 is 1. The molecule has 2 aromatic carbocycles. The van der Waals surface area contributed by atoms with E-state index in [0.717, 1.165) is 22.4 Å². The Labute approximate surface area is 214 Å². The van der Waals surface area contributed by atoms with Crippen molar-refractivity contribution in [2.75, 3.05) is 33.5 Å². The molecule has 0 aliphatic carbocycles. The maximum Gasteiger partial charge on any atom is 0.259 e. The summed E-state index contributed by atoms with van der Waals surface area (Å²) in [6, 6.07) is 18.3. The first kappa shape index (κ1) is 24.9. The van der Waals surface area contributed by atoms with Gasteiger partial charge in [0.15, 0.2) is 0 Å². The van der Waals surface area contributed by atoms with Crippen molar-refractivity contribution in [2.24, 2.45) is 0 Å². The molecule has 192 valence electrons. The minimum atomic E-state index is -0.873. The van der Waals surface area contributed by atoms with Gasteiger partial charge in [0, 0.05) is 51.0 Å². The molecule has 1 saturated heterocycles. The molecule has 4 aromatic rings. The second-order valence-corrected chi connectivity index (χ2v) is 9.02. The predicted molar refractivity (Wildman–Crippen MR) is 136 cm³/mol. The van der Waals surface area contributed by atoms with Crippen molar-refractivity contribution in [2.45, 2.75) is 25.0 Å². The normalized spacial score (nSPS) is 15.0. The van der Waals surface area contributed by atoms with Gasteiger partial charge in [0.25, 0.3) is 11.4 Å². The first-order chi connectivity index (χ1) is 18.0. The molecule has 3 heterocycles. The highest BCUT2D eigenvalue weighted by atomic mass is 16.5. The molecule has 0 atom stereocenters. The number of ether oxygens (including phenoxy) is 3. The molecule has 2 aromatic heterocycles. The topological polar surface area (TPSA) is 109 Å². The van der Waals surface area contributed by atoms with Crippen LogP contribution in [0.5, 0.6) is 5.75 Å². The molecule has 1 N–H and O–H groups in total. The number of hydrogen-bond acceptors (Lipinski definition) is 8. The van der Waals surface area contributed by atoms with Gasteiger partial charge >= 0.3 is 0 Å². The molecule has 5 rings (SSSR count). The third kappa shape index (κ3) is 5.80. The first-order valence-corrected chi connectivity index (χ1v) is 12.2. The monoisotopic (exact) mass is 503 g/mol. The van der Waals surface area contributed by atoms with E-state index in [-0.39, 0.29) is 5.56 Å². The summed E-state index contributed by atoms with van der Waals surface area (Å²) < 4.78 is 23.2. The zero-order valence-corrected chi connectivity index (χ0v) is 20.6. The molecule has 9 heteroatoms. The Balaban J connectivity index is 1.32. The van der Waals surface area contributed by atoms with E-state index in [1.807, 2.05) is 48.5 Å². The van der Waals surface area contributed by atoms with Crippen molar-refractivity contribution in [3.63, 3.8) is 0 Å². The summed E-state index contributed by atoms with van der Waals surface area (Å²) in [7, 11) is 1.63. The molecule has 1 aliphatic heterocycles. The minimum Gasteiger partial charge on any atom is -0.491 e. The van der Waals surface area contributed by atoms with Crippen LogP contribution in [0.2, 0.25) is 0 Å². The van der Waals surface area contributed by atoms with Crippen molar-refractivity contribution >= 4 is 0 Å². The van der Waals surface area contributed by atoms with Gasteiger partial charge in [-0.05, 0) is 29.3 Å². The zero-order chi connectivity index (χ0) is 25.7. The predicted octanol–water partition coefficient (Wildman–Crippen LogP) is 3.64. The third-order valence-corrected chi connectivity index (χ3v) is 6.46. The Hall–Kier alpha value is -3.79. The van der Waals surface area contributed by atoms with E-state index in [1.165, 1.54) is 6.07 Å². The van der Waals surface area contributed by atoms with Crippen LogP contribution >= 0.6 is 0 Å². The summed E-state index contributed by atoms with van der Waals surface area (Å²) >= 11 is 0. The number of rotatable bonds is 9. The first-order valence-electron chi connectivity index (χ1n) is 12.2. The second-order valence-electron chi connectivity index (χ2n) is 9.02. The molecule has 0 radical (unpaired) electrons. The maximum absolute atomic E-state index is 12.5. The fourth-order valence-electron chi connectivity index (χ4n) is 4.34. The van der Waals surface area contributed by atoms with Gasteiger partial charge in [0.2, 0.25) is 5.82 Å². The molecule has 1 aliphatic rings. The smallest absolute Gasteiger partial charge is 0.259 e. The summed E-state index contributed by atoms with van der Waals surface area (Å²) in [6.07, 6.45) is 2.85. The molecule has 9 nitrogen and oxygen atoms in total. The standard InChI is InChI=1S/C28H29N3O6/c1-34-15-16-36-24-4-2-3-20(17-24)18-31-19-22(7-10-25(31)32)27-29-26(30-37-27)21-5-8-23(9-6-21)28(33)11-13-35-14-12-28/h2-10,17,19,33H,11-16,18H2,1H3. The average molecular weight is 504 g/mol. The quantitative estimate of drug-likeness (QED) is 0.345. The summed E-state index contributed by atoms with van der Waals surface area (Å²) in [5, 5.41) is 15.0. The van der Waals surface area contributed by atoms with E-state index in [0.29, 0.717) is 63.1 Å². The fourth-order valence-corrected chi connectivity index (χ4v) is 4.34. The Morgan fingerprint density at radius 3 is 2.59 bits per heavy atom. The van der Waals surface area contributed by atoms with Gasteiger partial charge in [0.1, 0.15) is 12.4 Å². The van der Waals surface area contributed by atoms with E-state index in [9.17, 15) is 9.90 Å². The van der Waals surface area contributed by atoms with E-state index < -0.39 is 5.60 Å². The van der Waals surface area contributed by atoms with Crippen molar-refractivity contribution in [1.29, 1.82) is 0 Å². The van der Waals surface area contributed by atoms with Crippen LogP contribution in [-0.2, 0) is 21.6 Å². The van der Waals surface area contributed by atoms with Crippen LogP contribution in [0, 0.1) is 0 Å². The minimum absolute atomic E-state index is 0.143. The second kappa shape index (κ2) is 11.1. The number of pyridine rings is 1.